The van der Waals surface area contributed by atoms with Crippen LogP contribution >= 0.6 is 15.9 Å². The lowest BCUT2D eigenvalue weighted by molar-refractivity contribution is -0.116. The van der Waals surface area contributed by atoms with Crippen LogP contribution in [0.25, 0.3) is 11.8 Å². The van der Waals surface area contributed by atoms with Crippen LogP contribution in [0.5, 0.6) is 0 Å². The average molecular weight is 401 g/mol. The first-order valence-corrected chi connectivity index (χ1v) is 8.27. The van der Waals surface area contributed by atoms with E-state index in [1.54, 1.807) is 36.8 Å². The minimum absolute atomic E-state index is 0.272. The van der Waals surface area contributed by atoms with Crippen LogP contribution < -0.4 is 5.32 Å². The van der Waals surface area contributed by atoms with Crippen molar-refractivity contribution in [3.05, 3.63) is 82.6 Å². The third kappa shape index (κ3) is 4.60. The van der Waals surface area contributed by atoms with Gasteiger partial charge < -0.3 is 5.32 Å². The number of nitrogens with one attached hydrogen (secondary N) is 1. The van der Waals surface area contributed by atoms with Gasteiger partial charge in [-0.2, -0.15) is 5.10 Å². The normalized spacial score (nSPS) is 11.0. The number of hydrogen-bond acceptors (Lipinski definition) is 3. The van der Waals surface area contributed by atoms with E-state index in [0.29, 0.717) is 17.8 Å². The second-order valence-electron chi connectivity index (χ2n) is 5.19. The van der Waals surface area contributed by atoms with Crippen molar-refractivity contribution in [2.45, 2.75) is 6.54 Å². The molecule has 126 valence electrons. The van der Waals surface area contributed by atoms with Crippen LogP contribution in [0.3, 0.4) is 0 Å². The van der Waals surface area contributed by atoms with Crippen molar-refractivity contribution in [3.8, 4) is 5.69 Å². The van der Waals surface area contributed by atoms with Gasteiger partial charge in [-0.25, -0.2) is 9.07 Å². The Bertz CT molecular complexity index is 908. The van der Waals surface area contributed by atoms with Gasteiger partial charge in [-0.1, -0.05) is 12.1 Å². The van der Waals surface area contributed by atoms with E-state index < -0.39 is 5.82 Å². The van der Waals surface area contributed by atoms with Gasteiger partial charge in [-0.05, 0) is 51.8 Å². The van der Waals surface area contributed by atoms with Gasteiger partial charge in [0, 0.05) is 18.5 Å². The standard InChI is InChI=1S/C18H14BrFN4O/c19-14-10-23-24(12-14)17-6-4-13(9-16(17)20)5-7-18(25)22-11-15-3-1-2-8-21-15/h1-10,12H,11H2,(H,22,25)/b7-5+. The second-order valence-corrected chi connectivity index (χ2v) is 6.10. The SMILES string of the molecule is O=C(/C=C/c1ccc(-n2cc(Br)cn2)c(F)c1)NCc1ccccn1. The maximum absolute atomic E-state index is 14.2. The van der Waals surface area contributed by atoms with Crippen LogP contribution in [0, 0.1) is 5.82 Å². The summed E-state index contributed by atoms with van der Waals surface area (Å²) in [6.07, 6.45) is 7.83. The molecule has 7 heteroatoms. The molecule has 0 spiro atoms. The summed E-state index contributed by atoms with van der Waals surface area (Å²) in [5, 5.41) is 6.77. The summed E-state index contributed by atoms with van der Waals surface area (Å²) >= 11 is 3.27. The molecule has 1 N–H and O–H groups in total. The molecule has 2 heterocycles. The van der Waals surface area contributed by atoms with Crippen LogP contribution in [-0.4, -0.2) is 20.7 Å². The average Bonchev–Trinajstić information content (AvgIpc) is 3.05. The first-order chi connectivity index (χ1) is 12.1. The molecule has 3 rings (SSSR count). The number of halogens is 2. The molecule has 0 fully saturated rings. The fourth-order valence-electron chi connectivity index (χ4n) is 2.16. The second kappa shape index (κ2) is 7.85. The summed E-state index contributed by atoms with van der Waals surface area (Å²) in [7, 11) is 0. The molecule has 0 saturated carbocycles. The largest absolute Gasteiger partial charge is 0.347 e. The molecule has 0 unspecified atom stereocenters. The number of nitrogens with zero attached hydrogens (tertiary/aromatic N) is 3. The summed E-state index contributed by atoms with van der Waals surface area (Å²) < 4.78 is 16.4. The Kier molecular flexibility index (Phi) is 5.35. The lowest BCUT2D eigenvalue weighted by atomic mass is 10.2. The van der Waals surface area contributed by atoms with Crippen LogP contribution in [0.15, 0.2) is 65.5 Å². The van der Waals surface area contributed by atoms with Crippen molar-refractivity contribution in [1.82, 2.24) is 20.1 Å². The van der Waals surface area contributed by atoms with Gasteiger partial charge in [0.15, 0.2) is 0 Å². The van der Waals surface area contributed by atoms with Gasteiger partial charge in [0.1, 0.15) is 11.5 Å². The van der Waals surface area contributed by atoms with Crippen molar-refractivity contribution < 1.29 is 9.18 Å². The summed E-state index contributed by atoms with van der Waals surface area (Å²) in [6.45, 7) is 0.339. The number of aromatic nitrogens is 3. The van der Waals surface area contributed by atoms with E-state index in [1.807, 2.05) is 18.2 Å². The number of amides is 1. The first-order valence-electron chi connectivity index (χ1n) is 7.48. The maximum atomic E-state index is 14.2. The fraction of sp³-hybridized carbons (Fsp3) is 0.0556. The molecule has 1 aromatic carbocycles. The zero-order valence-corrected chi connectivity index (χ0v) is 14.6. The Balaban J connectivity index is 1.63. The molecule has 1 amide bonds. The van der Waals surface area contributed by atoms with Gasteiger partial charge in [0.05, 0.1) is 22.9 Å². The highest BCUT2D eigenvalue weighted by Gasteiger charge is 2.06. The number of hydrogen-bond donors (Lipinski definition) is 1. The van der Waals surface area contributed by atoms with Gasteiger partial charge in [0.2, 0.25) is 5.91 Å². The van der Waals surface area contributed by atoms with Crippen molar-refractivity contribution in [2.75, 3.05) is 0 Å². The van der Waals surface area contributed by atoms with Gasteiger partial charge in [-0.15, -0.1) is 0 Å². The van der Waals surface area contributed by atoms with Gasteiger partial charge in [-0.3, -0.25) is 9.78 Å². The molecule has 0 aliphatic rings. The molecular formula is C18H14BrFN4O. The lowest BCUT2D eigenvalue weighted by Crippen LogP contribution is -2.20. The Morgan fingerprint density at radius 1 is 1.32 bits per heavy atom. The number of pyridine rings is 1. The third-order valence-electron chi connectivity index (χ3n) is 3.37. The smallest absolute Gasteiger partial charge is 0.244 e. The number of carbonyl (C=O) groups is 1. The Morgan fingerprint density at radius 3 is 2.88 bits per heavy atom. The van der Waals surface area contributed by atoms with Crippen molar-refractivity contribution >= 4 is 27.9 Å². The Hall–Kier alpha value is -2.80. The molecular weight excluding hydrogens is 387 g/mol. The summed E-state index contributed by atoms with van der Waals surface area (Å²) in [6, 6.07) is 10.2. The monoisotopic (exact) mass is 400 g/mol. The Morgan fingerprint density at radius 2 is 2.20 bits per heavy atom. The minimum atomic E-state index is -0.424. The number of benzene rings is 1. The van der Waals surface area contributed by atoms with E-state index in [-0.39, 0.29) is 5.91 Å². The minimum Gasteiger partial charge on any atom is -0.347 e. The molecule has 0 bridgehead atoms. The van der Waals surface area contributed by atoms with E-state index in [9.17, 15) is 9.18 Å². The molecule has 0 aliphatic heterocycles. The van der Waals surface area contributed by atoms with Gasteiger partial charge in [0.25, 0.3) is 0 Å². The summed E-state index contributed by atoms with van der Waals surface area (Å²) in [5.74, 6) is -0.696. The van der Waals surface area contributed by atoms with Crippen LogP contribution in [0.2, 0.25) is 0 Å². The highest BCUT2D eigenvalue weighted by molar-refractivity contribution is 9.10. The van der Waals surface area contributed by atoms with E-state index >= 15 is 0 Å². The first kappa shape index (κ1) is 17.0. The summed E-state index contributed by atoms with van der Waals surface area (Å²) in [5.41, 5.74) is 1.69. The molecule has 5 nitrogen and oxygen atoms in total. The predicted molar refractivity (Wildman–Crippen MR) is 96.3 cm³/mol. The fourth-order valence-corrected chi connectivity index (χ4v) is 2.44. The number of rotatable bonds is 5. The molecule has 0 aliphatic carbocycles. The molecule has 3 aromatic rings. The maximum Gasteiger partial charge on any atom is 0.244 e. The van der Waals surface area contributed by atoms with E-state index in [0.717, 1.165) is 10.2 Å². The van der Waals surface area contributed by atoms with Crippen LogP contribution in [0.4, 0.5) is 4.39 Å². The van der Waals surface area contributed by atoms with Gasteiger partial charge >= 0.3 is 0 Å². The van der Waals surface area contributed by atoms with Crippen molar-refractivity contribution in [3.63, 3.8) is 0 Å². The Labute approximate surface area is 152 Å². The zero-order chi connectivity index (χ0) is 17.6. The predicted octanol–water partition coefficient (Wildman–Crippen LogP) is 3.50. The van der Waals surface area contributed by atoms with Crippen LogP contribution in [0.1, 0.15) is 11.3 Å². The molecule has 0 atom stereocenters. The molecule has 2 aromatic heterocycles. The molecule has 0 radical (unpaired) electrons. The lowest BCUT2D eigenvalue weighted by Gasteiger charge is -2.04. The van der Waals surface area contributed by atoms with E-state index in [2.05, 4.69) is 31.3 Å². The quantitative estimate of drug-likeness (QED) is 0.666. The van der Waals surface area contributed by atoms with Crippen molar-refractivity contribution in [2.24, 2.45) is 0 Å². The topological polar surface area (TPSA) is 59.8 Å². The number of carbonyl (C=O) groups excluding carboxylic acids is 1. The third-order valence-corrected chi connectivity index (χ3v) is 3.78. The zero-order valence-electron chi connectivity index (χ0n) is 13.1. The molecule has 25 heavy (non-hydrogen) atoms. The highest BCUT2D eigenvalue weighted by Crippen LogP contribution is 2.17. The molecule has 0 saturated heterocycles. The highest BCUT2D eigenvalue weighted by atomic mass is 79.9. The summed E-state index contributed by atoms with van der Waals surface area (Å²) in [4.78, 5) is 15.9. The van der Waals surface area contributed by atoms with Crippen molar-refractivity contribution in [1.29, 1.82) is 0 Å². The van der Waals surface area contributed by atoms with E-state index in [4.69, 9.17) is 0 Å². The van der Waals surface area contributed by atoms with Crippen LogP contribution in [-0.2, 0) is 11.3 Å². The van der Waals surface area contributed by atoms with E-state index in [1.165, 1.54) is 16.8 Å².